The first-order valence-corrected chi connectivity index (χ1v) is 10.4. The minimum atomic E-state index is -3.75. The molecule has 0 amide bonds. The largest absolute Gasteiger partial charge is 0.460 e. The second kappa shape index (κ2) is 8.06. The summed E-state index contributed by atoms with van der Waals surface area (Å²) in [6, 6.07) is 13.6. The Morgan fingerprint density at radius 1 is 1.22 bits per heavy atom. The molecule has 0 fully saturated rings. The number of hydrogen-bond donors (Lipinski definition) is 1. The van der Waals surface area contributed by atoms with Crippen molar-refractivity contribution in [2.24, 2.45) is 0 Å². The predicted octanol–water partition coefficient (Wildman–Crippen LogP) is 3.45. The molecule has 3 rings (SSSR count). The van der Waals surface area contributed by atoms with E-state index in [1.807, 2.05) is 31.2 Å². The fourth-order valence-corrected chi connectivity index (χ4v) is 4.45. The molecule has 0 radical (unpaired) electrons. The van der Waals surface area contributed by atoms with Gasteiger partial charge in [-0.15, -0.1) is 6.58 Å². The first-order chi connectivity index (χ1) is 12.9. The molecule has 1 N–H and O–H groups in total. The molecule has 6 heteroatoms. The summed E-state index contributed by atoms with van der Waals surface area (Å²) in [6.07, 6.45) is 2.32. The molecule has 5 nitrogen and oxygen atoms in total. The monoisotopic (exact) mass is 385 g/mol. The highest BCUT2D eigenvalue weighted by molar-refractivity contribution is 7.89. The number of rotatable bonds is 7. The Labute approximate surface area is 160 Å². The Bertz CT molecular complexity index is 935. The van der Waals surface area contributed by atoms with Gasteiger partial charge in [0.15, 0.2) is 0 Å². The summed E-state index contributed by atoms with van der Waals surface area (Å²) < 4.78 is 34.0. The number of fused-ring (bicyclic) bond motifs is 1. The van der Waals surface area contributed by atoms with E-state index in [1.54, 1.807) is 30.3 Å². The molecule has 0 bridgehead atoms. The predicted molar refractivity (Wildman–Crippen MR) is 104 cm³/mol. The van der Waals surface area contributed by atoms with Gasteiger partial charge in [-0.2, -0.15) is 4.72 Å². The van der Waals surface area contributed by atoms with Crippen molar-refractivity contribution >= 4 is 16.0 Å². The second-order valence-corrected chi connectivity index (χ2v) is 8.38. The number of benzene rings is 2. The Hall–Kier alpha value is -2.44. The third-order valence-corrected chi connectivity index (χ3v) is 6.09. The van der Waals surface area contributed by atoms with Crippen molar-refractivity contribution in [1.29, 1.82) is 0 Å². The fourth-order valence-electron chi connectivity index (χ4n) is 3.21. The standard InChI is InChI=1S/C21H23NO4S/c1-3-4-9-20(23)26-19-14-16-7-5-6-8-18(16)21(19)22-27(24,25)17-12-10-15(2)11-13-17/h3,5-8,10-13,19,21-22H,1,4,9,14H2,2H3/t19-,21+/m0/s1. The number of carbonyl (C=O) groups is 1. The van der Waals surface area contributed by atoms with Crippen LogP contribution in [0.4, 0.5) is 0 Å². The number of hydrogen-bond acceptors (Lipinski definition) is 4. The van der Waals surface area contributed by atoms with Gasteiger partial charge in [0.25, 0.3) is 0 Å². The maximum absolute atomic E-state index is 12.8. The van der Waals surface area contributed by atoms with E-state index in [0.717, 1.165) is 16.7 Å². The summed E-state index contributed by atoms with van der Waals surface area (Å²) in [4.78, 5) is 12.3. The lowest BCUT2D eigenvalue weighted by Gasteiger charge is -2.22. The molecule has 27 heavy (non-hydrogen) atoms. The summed E-state index contributed by atoms with van der Waals surface area (Å²) in [7, 11) is -3.75. The average molecular weight is 385 g/mol. The zero-order valence-electron chi connectivity index (χ0n) is 15.2. The number of esters is 1. The first-order valence-electron chi connectivity index (χ1n) is 8.88. The van der Waals surface area contributed by atoms with Gasteiger partial charge in [0.2, 0.25) is 10.0 Å². The van der Waals surface area contributed by atoms with E-state index in [4.69, 9.17) is 4.74 Å². The minimum absolute atomic E-state index is 0.189. The number of allylic oxidation sites excluding steroid dienone is 1. The smallest absolute Gasteiger partial charge is 0.306 e. The molecule has 142 valence electrons. The molecular weight excluding hydrogens is 362 g/mol. The molecule has 2 aromatic rings. The number of aryl methyl sites for hydroxylation is 1. The molecule has 0 saturated carbocycles. The van der Waals surface area contributed by atoms with E-state index in [0.29, 0.717) is 12.8 Å². The van der Waals surface area contributed by atoms with Crippen molar-refractivity contribution in [3.63, 3.8) is 0 Å². The first kappa shape index (κ1) is 19.3. The van der Waals surface area contributed by atoms with E-state index in [9.17, 15) is 13.2 Å². The van der Waals surface area contributed by atoms with Gasteiger partial charge in [0, 0.05) is 12.8 Å². The molecule has 2 atom stereocenters. The van der Waals surface area contributed by atoms with Crippen molar-refractivity contribution in [3.05, 3.63) is 77.9 Å². The number of nitrogens with one attached hydrogen (secondary N) is 1. The number of carbonyl (C=O) groups excluding carboxylic acids is 1. The Morgan fingerprint density at radius 3 is 2.63 bits per heavy atom. The maximum Gasteiger partial charge on any atom is 0.306 e. The average Bonchev–Trinajstić information content (AvgIpc) is 2.97. The van der Waals surface area contributed by atoms with Gasteiger partial charge in [-0.1, -0.05) is 48.0 Å². The van der Waals surface area contributed by atoms with Crippen LogP contribution in [0.15, 0.2) is 66.1 Å². The van der Waals surface area contributed by atoms with Gasteiger partial charge in [-0.3, -0.25) is 4.79 Å². The third kappa shape index (κ3) is 4.46. The van der Waals surface area contributed by atoms with Gasteiger partial charge in [-0.05, 0) is 36.6 Å². The lowest BCUT2D eigenvalue weighted by Crippen LogP contribution is -2.36. The molecule has 1 aliphatic rings. The van der Waals surface area contributed by atoms with Crippen LogP contribution in [-0.2, 0) is 26.0 Å². The van der Waals surface area contributed by atoms with Crippen LogP contribution in [0.1, 0.15) is 35.6 Å². The molecule has 2 aromatic carbocycles. The van der Waals surface area contributed by atoms with Crippen LogP contribution in [0.25, 0.3) is 0 Å². The molecular formula is C21H23NO4S. The Morgan fingerprint density at radius 2 is 1.93 bits per heavy atom. The number of sulfonamides is 1. The van der Waals surface area contributed by atoms with Crippen molar-refractivity contribution in [2.75, 3.05) is 0 Å². The van der Waals surface area contributed by atoms with E-state index in [2.05, 4.69) is 11.3 Å². The summed E-state index contributed by atoms with van der Waals surface area (Å²) >= 11 is 0. The van der Waals surface area contributed by atoms with E-state index in [1.165, 1.54) is 0 Å². The normalized spacial score (nSPS) is 18.7. The van der Waals surface area contributed by atoms with Gasteiger partial charge in [0.05, 0.1) is 10.9 Å². The molecule has 0 spiro atoms. The van der Waals surface area contributed by atoms with Gasteiger partial charge in [0.1, 0.15) is 6.10 Å². The van der Waals surface area contributed by atoms with Gasteiger partial charge >= 0.3 is 5.97 Å². The summed E-state index contributed by atoms with van der Waals surface area (Å²) in [5, 5.41) is 0. The van der Waals surface area contributed by atoms with Crippen molar-refractivity contribution in [3.8, 4) is 0 Å². The van der Waals surface area contributed by atoms with Crippen molar-refractivity contribution in [1.82, 2.24) is 4.72 Å². The third-order valence-electron chi connectivity index (χ3n) is 4.63. The maximum atomic E-state index is 12.8. The highest BCUT2D eigenvalue weighted by Crippen LogP contribution is 2.34. The Balaban J connectivity index is 1.85. The Kier molecular flexibility index (Phi) is 5.77. The van der Waals surface area contributed by atoms with Crippen LogP contribution < -0.4 is 4.72 Å². The van der Waals surface area contributed by atoms with Crippen LogP contribution in [0, 0.1) is 6.92 Å². The van der Waals surface area contributed by atoms with E-state index in [-0.39, 0.29) is 17.3 Å². The highest BCUT2D eigenvalue weighted by Gasteiger charge is 2.37. The van der Waals surface area contributed by atoms with Gasteiger partial charge < -0.3 is 4.74 Å². The lowest BCUT2D eigenvalue weighted by atomic mass is 10.1. The highest BCUT2D eigenvalue weighted by atomic mass is 32.2. The zero-order valence-corrected chi connectivity index (χ0v) is 16.0. The van der Waals surface area contributed by atoms with Crippen LogP contribution in [0.3, 0.4) is 0 Å². The fraction of sp³-hybridized carbons (Fsp3) is 0.286. The van der Waals surface area contributed by atoms with Crippen molar-refractivity contribution in [2.45, 2.75) is 43.2 Å². The molecule has 0 saturated heterocycles. The van der Waals surface area contributed by atoms with Crippen LogP contribution in [0.2, 0.25) is 0 Å². The van der Waals surface area contributed by atoms with Crippen LogP contribution >= 0.6 is 0 Å². The SMILES string of the molecule is C=CCCC(=O)O[C@H]1Cc2ccccc2[C@H]1NS(=O)(=O)c1ccc(C)cc1. The molecule has 1 aliphatic carbocycles. The van der Waals surface area contributed by atoms with E-state index >= 15 is 0 Å². The number of ether oxygens (including phenoxy) is 1. The van der Waals surface area contributed by atoms with Crippen LogP contribution in [-0.4, -0.2) is 20.5 Å². The zero-order chi connectivity index (χ0) is 19.4. The molecule has 0 aliphatic heterocycles. The second-order valence-electron chi connectivity index (χ2n) is 6.67. The van der Waals surface area contributed by atoms with Crippen molar-refractivity contribution < 1.29 is 17.9 Å². The molecule has 0 unspecified atom stereocenters. The summed E-state index contributed by atoms with van der Waals surface area (Å²) in [5.74, 6) is -0.354. The molecule has 0 aromatic heterocycles. The summed E-state index contributed by atoms with van der Waals surface area (Å²) in [5.41, 5.74) is 2.81. The molecule has 0 heterocycles. The minimum Gasteiger partial charge on any atom is -0.460 e. The summed E-state index contributed by atoms with van der Waals surface area (Å²) in [6.45, 7) is 5.50. The lowest BCUT2D eigenvalue weighted by molar-refractivity contribution is -0.149. The van der Waals surface area contributed by atoms with E-state index < -0.39 is 22.2 Å². The van der Waals surface area contributed by atoms with Gasteiger partial charge in [-0.25, -0.2) is 8.42 Å². The topological polar surface area (TPSA) is 72.5 Å². The quantitative estimate of drug-likeness (QED) is 0.585. The van der Waals surface area contributed by atoms with Crippen LogP contribution in [0.5, 0.6) is 0 Å².